The van der Waals surface area contributed by atoms with Gasteiger partial charge in [-0.25, -0.2) is 0 Å². The van der Waals surface area contributed by atoms with E-state index in [0.29, 0.717) is 43.1 Å². The Morgan fingerprint density at radius 2 is 1.44 bits per heavy atom. The Bertz CT molecular complexity index is 765. The van der Waals surface area contributed by atoms with Gasteiger partial charge in [-0.05, 0) is 42.5 Å². The number of aromatic hydroxyl groups is 1. The van der Waals surface area contributed by atoms with Crippen LogP contribution >= 0.6 is 0 Å². The summed E-state index contributed by atoms with van der Waals surface area (Å²) in [6.45, 7) is 1.90. The van der Waals surface area contributed by atoms with E-state index in [2.05, 4.69) is 0 Å². The van der Waals surface area contributed by atoms with Gasteiger partial charge in [0, 0.05) is 37.3 Å². The molecule has 0 spiro atoms. The summed E-state index contributed by atoms with van der Waals surface area (Å²) in [5.41, 5.74) is 1.06. The number of phenols is 1. The second-order valence-corrected chi connectivity index (χ2v) is 5.86. The van der Waals surface area contributed by atoms with Crippen molar-refractivity contribution in [2.45, 2.75) is 0 Å². The average molecular weight is 340 g/mol. The van der Waals surface area contributed by atoms with Crippen LogP contribution in [0.4, 0.5) is 0 Å². The highest BCUT2D eigenvalue weighted by atomic mass is 16.5. The van der Waals surface area contributed by atoms with E-state index in [9.17, 15) is 14.7 Å². The summed E-state index contributed by atoms with van der Waals surface area (Å²) in [7, 11) is 1.58. The fraction of sp³-hybridized carbons (Fsp3) is 0.263. The van der Waals surface area contributed by atoms with Gasteiger partial charge in [-0.2, -0.15) is 0 Å². The van der Waals surface area contributed by atoms with Crippen LogP contribution in [0.2, 0.25) is 0 Å². The Kier molecular flexibility index (Phi) is 4.88. The molecule has 3 rings (SSSR count). The van der Waals surface area contributed by atoms with Gasteiger partial charge in [0.2, 0.25) is 0 Å². The zero-order valence-corrected chi connectivity index (χ0v) is 14.0. The molecule has 1 fully saturated rings. The molecule has 0 saturated carbocycles. The van der Waals surface area contributed by atoms with Gasteiger partial charge in [0.05, 0.1) is 7.11 Å². The third kappa shape index (κ3) is 3.74. The number of hydrogen-bond acceptors (Lipinski definition) is 4. The molecular weight excluding hydrogens is 320 g/mol. The number of carbonyl (C=O) groups is 2. The van der Waals surface area contributed by atoms with Gasteiger partial charge in [-0.15, -0.1) is 0 Å². The largest absolute Gasteiger partial charge is 0.508 e. The molecule has 25 heavy (non-hydrogen) atoms. The number of carbonyl (C=O) groups excluding carboxylic acids is 2. The first kappa shape index (κ1) is 16.8. The molecule has 2 amide bonds. The van der Waals surface area contributed by atoms with E-state index in [0.717, 1.165) is 0 Å². The van der Waals surface area contributed by atoms with E-state index in [1.165, 1.54) is 12.1 Å². The molecule has 6 nitrogen and oxygen atoms in total. The molecule has 0 aliphatic carbocycles. The number of nitrogens with zero attached hydrogens (tertiary/aromatic N) is 2. The Morgan fingerprint density at radius 3 is 1.96 bits per heavy atom. The molecule has 2 aromatic rings. The summed E-state index contributed by atoms with van der Waals surface area (Å²) in [6, 6.07) is 13.3. The van der Waals surface area contributed by atoms with E-state index in [1.54, 1.807) is 53.3 Å². The van der Waals surface area contributed by atoms with Gasteiger partial charge < -0.3 is 19.6 Å². The number of hydrogen-bond donors (Lipinski definition) is 1. The van der Waals surface area contributed by atoms with Crippen molar-refractivity contribution in [3.05, 3.63) is 59.7 Å². The molecule has 0 aromatic heterocycles. The van der Waals surface area contributed by atoms with E-state index in [4.69, 9.17) is 4.74 Å². The molecule has 2 aromatic carbocycles. The van der Waals surface area contributed by atoms with Crippen LogP contribution in [0.3, 0.4) is 0 Å². The Labute approximate surface area is 146 Å². The van der Waals surface area contributed by atoms with E-state index < -0.39 is 0 Å². The molecule has 1 aliphatic heterocycles. The van der Waals surface area contributed by atoms with Crippen LogP contribution in [0, 0.1) is 0 Å². The summed E-state index contributed by atoms with van der Waals surface area (Å²) < 4.78 is 5.10. The molecular formula is C19H20N2O4. The molecule has 1 N–H and O–H groups in total. The van der Waals surface area contributed by atoms with Crippen LogP contribution < -0.4 is 4.74 Å². The first-order chi connectivity index (χ1) is 12.1. The first-order valence-corrected chi connectivity index (χ1v) is 8.10. The third-order valence-electron chi connectivity index (χ3n) is 4.28. The maximum atomic E-state index is 12.5. The lowest BCUT2D eigenvalue weighted by atomic mass is 10.1. The maximum Gasteiger partial charge on any atom is 0.254 e. The molecule has 1 heterocycles. The van der Waals surface area contributed by atoms with Gasteiger partial charge in [0.25, 0.3) is 11.8 Å². The van der Waals surface area contributed by atoms with Crippen molar-refractivity contribution in [3.63, 3.8) is 0 Å². The number of phenolic OH excluding ortho intramolecular Hbond substituents is 1. The summed E-state index contributed by atoms with van der Waals surface area (Å²) in [5, 5.41) is 9.51. The molecule has 0 radical (unpaired) electrons. The molecule has 0 unspecified atom stereocenters. The summed E-state index contributed by atoms with van der Waals surface area (Å²) >= 11 is 0. The zero-order chi connectivity index (χ0) is 17.8. The molecule has 1 aliphatic rings. The highest BCUT2D eigenvalue weighted by Crippen LogP contribution is 2.17. The fourth-order valence-corrected chi connectivity index (χ4v) is 2.85. The van der Waals surface area contributed by atoms with Crippen LogP contribution in [0.5, 0.6) is 11.5 Å². The van der Waals surface area contributed by atoms with Crippen molar-refractivity contribution in [1.82, 2.24) is 9.80 Å². The van der Waals surface area contributed by atoms with Gasteiger partial charge >= 0.3 is 0 Å². The molecule has 0 bridgehead atoms. The highest BCUT2D eigenvalue weighted by molar-refractivity contribution is 5.96. The van der Waals surface area contributed by atoms with Crippen LogP contribution in [0.1, 0.15) is 20.7 Å². The van der Waals surface area contributed by atoms with Crippen molar-refractivity contribution in [2.24, 2.45) is 0 Å². The minimum absolute atomic E-state index is 0.0490. The van der Waals surface area contributed by atoms with Crippen molar-refractivity contribution in [1.29, 1.82) is 0 Å². The smallest absolute Gasteiger partial charge is 0.254 e. The lowest BCUT2D eigenvalue weighted by Crippen LogP contribution is -2.50. The number of methoxy groups -OCH3 is 1. The summed E-state index contributed by atoms with van der Waals surface area (Å²) in [4.78, 5) is 28.5. The highest BCUT2D eigenvalue weighted by Gasteiger charge is 2.25. The maximum absolute atomic E-state index is 12.5. The Balaban J connectivity index is 1.61. The minimum atomic E-state index is -0.132. The third-order valence-corrected chi connectivity index (χ3v) is 4.28. The lowest BCUT2D eigenvalue weighted by Gasteiger charge is -2.35. The van der Waals surface area contributed by atoms with Crippen LogP contribution in [0.25, 0.3) is 0 Å². The monoisotopic (exact) mass is 340 g/mol. The van der Waals surface area contributed by atoms with Crippen molar-refractivity contribution in [3.8, 4) is 11.5 Å². The SMILES string of the molecule is COc1ccc(C(=O)N2CCN(C(=O)c3cccc(O)c3)CC2)cc1. The molecule has 6 heteroatoms. The van der Waals surface area contributed by atoms with Crippen LogP contribution in [-0.4, -0.2) is 60.0 Å². The zero-order valence-electron chi connectivity index (χ0n) is 14.0. The van der Waals surface area contributed by atoms with Crippen molar-refractivity contribution >= 4 is 11.8 Å². The van der Waals surface area contributed by atoms with Gasteiger partial charge in [-0.3, -0.25) is 9.59 Å². The van der Waals surface area contributed by atoms with Gasteiger partial charge in [-0.1, -0.05) is 6.07 Å². The van der Waals surface area contributed by atoms with E-state index in [-0.39, 0.29) is 17.6 Å². The Hall–Kier alpha value is -3.02. The first-order valence-electron chi connectivity index (χ1n) is 8.10. The number of ether oxygens (including phenoxy) is 1. The average Bonchev–Trinajstić information content (AvgIpc) is 2.67. The minimum Gasteiger partial charge on any atom is -0.508 e. The number of rotatable bonds is 3. The molecule has 0 atom stereocenters. The summed E-state index contributed by atoms with van der Waals surface area (Å²) in [5.74, 6) is 0.594. The lowest BCUT2D eigenvalue weighted by molar-refractivity contribution is 0.0535. The second kappa shape index (κ2) is 7.25. The quantitative estimate of drug-likeness (QED) is 0.928. The van der Waals surface area contributed by atoms with Crippen LogP contribution in [-0.2, 0) is 0 Å². The molecule has 130 valence electrons. The fourth-order valence-electron chi connectivity index (χ4n) is 2.85. The number of benzene rings is 2. The summed E-state index contributed by atoms with van der Waals surface area (Å²) in [6.07, 6.45) is 0. The number of amides is 2. The molecule has 1 saturated heterocycles. The number of piperazine rings is 1. The second-order valence-electron chi connectivity index (χ2n) is 5.86. The predicted molar refractivity (Wildman–Crippen MR) is 92.9 cm³/mol. The topological polar surface area (TPSA) is 70.1 Å². The van der Waals surface area contributed by atoms with Gasteiger partial charge in [0.15, 0.2) is 0 Å². The Morgan fingerprint density at radius 1 is 0.880 bits per heavy atom. The van der Waals surface area contributed by atoms with E-state index in [1.807, 2.05) is 0 Å². The van der Waals surface area contributed by atoms with E-state index >= 15 is 0 Å². The normalized spacial score (nSPS) is 14.3. The van der Waals surface area contributed by atoms with Crippen molar-refractivity contribution in [2.75, 3.05) is 33.3 Å². The standard InChI is InChI=1S/C19H20N2O4/c1-25-17-7-5-14(6-8-17)18(23)20-9-11-21(12-10-20)19(24)15-3-2-4-16(22)13-15/h2-8,13,22H,9-12H2,1H3. The van der Waals surface area contributed by atoms with Gasteiger partial charge in [0.1, 0.15) is 11.5 Å². The van der Waals surface area contributed by atoms with Crippen molar-refractivity contribution < 1.29 is 19.4 Å². The van der Waals surface area contributed by atoms with Crippen LogP contribution in [0.15, 0.2) is 48.5 Å². The predicted octanol–water partition coefficient (Wildman–Crippen LogP) is 2.00.